The van der Waals surface area contributed by atoms with E-state index in [0.29, 0.717) is 4.90 Å². The molecule has 0 saturated heterocycles. The van der Waals surface area contributed by atoms with Gasteiger partial charge in [0.2, 0.25) is 0 Å². The highest BCUT2D eigenvalue weighted by molar-refractivity contribution is 8.55. The van der Waals surface area contributed by atoms with Crippen LogP contribution in [0.4, 0.5) is 5.69 Å². The summed E-state index contributed by atoms with van der Waals surface area (Å²) in [5, 5.41) is 0. The molecule has 0 fully saturated rings. The Morgan fingerprint density at radius 2 is 1.89 bits per heavy atom. The Morgan fingerprint density at radius 3 is 2.43 bits per heavy atom. The minimum atomic E-state index is -3.99. The number of anilines is 1. The molecule has 2 rings (SSSR count). The zero-order valence-electron chi connectivity index (χ0n) is 16.7. The van der Waals surface area contributed by atoms with Crippen LogP contribution in [0.15, 0.2) is 23.1 Å². The molecular weight excluding hydrogens is 425 g/mol. The summed E-state index contributed by atoms with van der Waals surface area (Å²) in [6.45, 7) is 4.98. The number of fused-ring (bicyclic) bond motifs is 1. The van der Waals surface area contributed by atoms with Crippen molar-refractivity contribution in [1.29, 1.82) is 0 Å². The lowest BCUT2D eigenvalue weighted by atomic mass is 10.1. The van der Waals surface area contributed by atoms with E-state index in [9.17, 15) is 17.8 Å². The molecule has 0 aromatic heterocycles. The summed E-state index contributed by atoms with van der Waals surface area (Å²) < 4.78 is 51.0. The molecule has 0 aliphatic carbocycles. The second-order valence-electron chi connectivity index (χ2n) is 6.64. The molecule has 1 heterocycles. The van der Waals surface area contributed by atoms with Gasteiger partial charge in [0.05, 0.1) is 17.9 Å². The summed E-state index contributed by atoms with van der Waals surface area (Å²) >= 11 is 0.772. The minimum absolute atomic E-state index is 0.103. The van der Waals surface area contributed by atoms with E-state index in [1.807, 2.05) is 13.8 Å². The highest BCUT2D eigenvalue weighted by Gasteiger charge is 2.43. The van der Waals surface area contributed by atoms with Crippen molar-refractivity contribution in [3.63, 3.8) is 0 Å². The van der Waals surface area contributed by atoms with Crippen molar-refractivity contribution in [3.8, 4) is 0 Å². The van der Waals surface area contributed by atoms with Gasteiger partial charge in [-0.3, -0.25) is 13.6 Å². The van der Waals surface area contributed by atoms with Gasteiger partial charge < -0.3 is 0 Å². The molecule has 158 valence electrons. The summed E-state index contributed by atoms with van der Waals surface area (Å²) in [4.78, 5) is 13.4. The summed E-state index contributed by atoms with van der Waals surface area (Å²) in [5.41, 5.74) is 2.98. The number of rotatable bonds is 8. The zero-order valence-corrected chi connectivity index (χ0v) is 19.2. The monoisotopic (exact) mass is 451 g/mol. The van der Waals surface area contributed by atoms with Crippen LogP contribution in [0.5, 0.6) is 0 Å². The number of nitrogens with zero attached hydrogens (tertiary/aromatic N) is 2. The number of benzene rings is 1. The number of carbonyl (C=O) groups is 1. The Balaban J connectivity index is 2.54. The second-order valence-corrected chi connectivity index (χ2v) is 12.3. The summed E-state index contributed by atoms with van der Waals surface area (Å²) in [6.07, 6.45) is 0. The van der Waals surface area contributed by atoms with E-state index < -0.39 is 29.0 Å². The van der Waals surface area contributed by atoms with E-state index in [-0.39, 0.29) is 23.9 Å². The van der Waals surface area contributed by atoms with Crippen LogP contribution in [-0.4, -0.2) is 44.4 Å². The molecule has 9 nitrogen and oxygen atoms in total. The number of nitrogens with one attached hydrogen (secondary N) is 1. The maximum Gasteiger partial charge on any atom is 0.410 e. The predicted octanol–water partition coefficient (Wildman–Crippen LogP) is 3.40. The molecule has 12 heteroatoms. The molecule has 0 spiro atoms. The Bertz CT molecular complexity index is 890. The first-order chi connectivity index (χ1) is 12.9. The highest BCUT2D eigenvalue weighted by Crippen LogP contribution is 2.64. The molecule has 1 unspecified atom stereocenters. The van der Waals surface area contributed by atoms with Gasteiger partial charge in [-0.15, -0.1) is 0 Å². The number of amides is 1. The Labute approximate surface area is 170 Å². The van der Waals surface area contributed by atoms with Crippen molar-refractivity contribution in [3.05, 3.63) is 23.8 Å². The molecular formula is C16H26N3O6PS2. The van der Waals surface area contributed by atoms with Crippen molar-refractivity contribution in [1.82, 2.24) is 9.79 Å². The maximum atomic E-state index is 13.1. The molecule has 1 atom stereocenters. The molecule has 1 amide bonds. The summed E-state index contributed by atoms with van der Waals surface area (Å²) in [7, 11) is -2.61. The molecule has 0 radical (unpaired) electrons. The van der Waals surface area contributed by atoms with E-state index in [1.54, 1.807) is 32.9 Å². The van der Waals surface area contributed by atoms with Gasteiger partial charge in [-0.25, -0.2) is 13.5 Å². The van der Waals surface area contributed by atoms with Crippen LogP contribution in [0.2, 0.25) is 0 Å². The first-order valence-corrected chi connectivity index (χ1v) is 13.1. The van der Waals surface area contributed by atoms with E-state index in [4.69, 9.17) is 9.15 Å². The van der Waals surface area contributed by atoms with E-state index in [2.05, 4.69) is 5.48 Å². The van der Waals surface area contributed by atoms with Crippen molar-refractivity contribution in [2.24, 2.45) is 0 Å². The fourth-order valence-electron chi connectivity index (χ4n) is 2.56. The third-order valence-corrected chi connectivity index (χ3v) is 9.16. The van der Waals surface area contributed by atoms with Crippen LogP contribution in [0, 0.1) is 0 Å². The fourth-order valence-corrected chi connectivity index (χ4v) is 7.42. The third-order valence-electron chi connectivity index (χ3n) is 3.72. The summed E-state index contributed by atoms with van der Waals surface area (Å²) in [6, 6.07) is 4.04. The molecule has 1 N–H and O–H groups in total. The van der Waals surface area contributed by atoms with Crippen LogP contribution in [0.25, 0.3) is 0 Å². The van der Waals surface area contributed by atoms with E-state index >= 15 is 0 Å². The Kier molecular flexibility index (Phi) is 7.22. The van der Waals surface area contributed by atoms with Crippen molar-refractivity contribution >= 4 is 40.0 Å². The number of hydrogen-bond acceptors (Lipinski definition) is 8. The lowest BCUT2D eigenvalue weighted by molar-refractivity contribution is 0.0828. The minimum Gasteiger partial charge on any atom is -0.300 e. The lowest BCUT2D eigenvalue weighted by Gasteiger charge is -2.37. The SMILES string of the molecule is CCOP(=O)(ONC(C)C)Sc1cccc2c1C(=O)N(C(C)C)S(=O)(=O)N2C. The van der Waals surface area contributed by atoms with Crippen molar-refractivity contribution in [2.45, 2.75) is 51.6 Å². The van der Waals surface area contributed by atoms with Crippen LogP contribution in [0.3, 0.4) is 0 Å². The molecule has 1 aromatic carbocycles. The molecule has 28 heavy (non-hydrogen) atoms. The van der Waals surface area contributed by atoms with Gasteiger partial charge in [0, 0.05) is 24.0 Å². The molecule has 0 saturated carbocycles. The van der Waals surface area contributed by atoms with Gasteiger partial charge >= 0.3 is 17.0 Å². The van der Waals surface area contributed by atoms with Gasteiger partial charge in [-0.05, 0) is 58.1 Å². The lowest BCUT2D eigenvalue weighted by Crippen LogP contribution is -2.52. The highest BCUT2D eigenvalue weighted by atomic mass is 32.7. The van der Waals surface area contributed by atoms with Crippen LogP contribution in [0.1, 0.15) is 45.0 Å². The van der Waals surface area contributed by atoms with Crippen LogP contribution in [-0.2, 0) is 23.9 Å². The largest absolute Gasteiger partial charge is 0.410 e. The zero-order chi connectivity index (χ0) is 21.3. The second kappa shape index (κ2) is 8.73. The molecule has 0 bridgehead atoms. The average Bonchev–Trinajstić information content (AvgIpc) is 2.57. The van der Waals surface area contributed by atoms with Gasteiger partial charge in [0.25, 0.3) is 5.91 Å². The first kappa shape index (κ1) is 23.2. The van der Waals surface area contributed by atoms with Gasteiger partial charge in [-0.1, -0.05) is 6.07 Å². The van der Waals surface area contributed by atoms with Gasteiger partial charge in [-0.2, -0.15) is 13.9 Å². The standard InChI is InChI=1S/C16H26N3O6PS2/c1-7-24-26(21,25-17-11(2)3)27-14-10-8-9-13-15(14)16(20)19(12(4)5)28(22,23)18(13)6/h8-12,17H,7H2,1-6H3. The predicted molar refractivity (Wildman–Crippen MR) is 110 cm³/mol. The molecule has 1 aliphatic rings. The average molecular weight is 452 g/mol. The van der Waals surface area contributed by atoms with Crippen LogP contribution < -0.4 is 9.79 Å². The Hall–Kier alpha value is -1.10. The Morgan fingerprint density at radius 1 is 1.25 bits per heavy atom. The van der Waals surface area contributed by atoms with Crippen molar-refractivity contribution < 1.29 is 26.9 Å². The fraction of sp³-hybridized carbons (Fsp3) is 0.562. The quantitative estimate of drug-likeness (QED) is 0.474. The van der Waals surface area contributed by atoms with Crippen molar-refractivity contribution in [2.75, 3.05) is 18.0 Å². The van der Waals surface area contributed by atoms with Crippen LogP contribution >= 0.6 is 18.2 Å². The third kappa shape index (κ3) is 4.55. The number of carbonyl (C=O) groups excluding carboxylic acids is 1. The topological polar surface area (TPSA) is 105 Å². The smallest absolute Gasteiger partial charge is 0.300 e. The number of hydrogen-bond donors (Lipinski definition) is 1. The normalized spacial score (nSPS) is 18.5. The number of hydroxylamine groups is 1. The molecule has 1 aliphatic heterocycles. The van der Waals surface area contributed by atoms with E-state index in [1.165, 1.54) is 13.1 Å². The van der Waals surface area contributed by atoms with Gasteiger partial charge in [0.1, 0.15) is 0 Å². The first-order valence-electron chi connectivity index (χ1n) is 8.78. The maximum absolute atomic E-state index is 13.1. The van der Waals surface area contributed by atoms with Gasteiger partial charge in [0.15, 0.2) is 0 Å². The van der Waals surface area contributed by atoms with E-state index in [0.717, 1.165) is 20.0 Å². The summed E-state index contributed by atoms with van der Waals surface area (Å²) in [5.74, 6) is -0.675. The molecule has 1 aromatic rings.